The van der Waals surface area contributed by atoms with Crippen LogP contribution in [0.4, 0.5) is 0 Å². The molecule has 4 aromatic rings. The third-order valence-electron chi connectivity index (χ3n) is 5.68. The van der Waals surface area contributed by atoms with Crippen LogP contribution < -0.4 is 5.56 Å². The highest BCUT2D eigenvalue weighted by Crippen LogP contribution is 2.30. The topological polar surface area (TPSA) is 65.4 Å². The molecule has 1 N–H and O–H groups in total. The van der Waals surface area contributed by atoms with Gasteiger partial charge in [-0.15, -0.1) is 11.3 Å². The van der Waals surface area contributed by atoms with E-state index in [2.05, 4.69) is 45.1 Å². The fourth-order valence-electron chi connectivity index (χ4n) is 4.00. The van der Waals surface area contributed by atoms with Gasteiger partial charge in [-0.3, -0.25) is 9.69 Å². The number of nitrogens with one attached hydrogen (secondary N) is 1. The van der Waals surface area contributed by atoms with E-state index in [0.717, 1.165) is 55.4 Å². The van der Waals surface area contributed by atoms with Gasteiger partial charge in [0.05, 0.1) is 18.2 Å². The Bertz CT molecular complexity index is 1160. The van der Waals surface area contributed by atoms with E-state index in [1.807, 2.05) is 17.5 Å². The van der Waals surface area contributed by atoms with Crippen LogP contribution in [0.15, 0.2) is 63.3 Å². The van der Waals surface area contributed by atoms with Crippen LogP contribution in [0, 0.1) is 0 Å². The first-order valence-electron chi connectivity index (χ1n) is 10.3. The molecule has 4 heterocycles. The van der Waals surface area contributed by atoms with Crippen LogP contribution in [0.1, 0.15) is 11.4 Å². The molecule has 0 atom stereocenters. The second kappa shape index (κ2) is 8.55. The number of nitrogens with zero attached hydrogens (tertiary/aromatic N) is 3. The molecule has 0 unspecified atom stereocenters. The molecule has 1 aromatic carbocycles. The number of furan rings is 1. The molecule has 1 fully saturated rings. The number of aromatic nitrogens is 2. The summed E-state index contributed by atoms with van der Waals surface area (Å²) >= 11 is 1.49. The van der Waals surface area contributed by atoms with Gasteiger partial charge in [0.1, 0.15) is 16.4 Å². The summed E-state index contributed by atoms with van der Waals surface area (Å²) in [4.78, 5) is 26.1. The first kappa shape index (κ1) is 19.2. The van der Waals surface area contributed by atoms with Crippen LogP contribution in [-0.4, -0.2) is 52.5 Å². The summed E-state index contributed by atoms with van der Waals surface area (Å²) in [5, 5.41) is 2.56. The van der Waals surface area contributed by atoms with Gasteiger partial charge in [-0.05, 0) is 24.1 Å². The Morgan fingerprint density at radius 3 is 2.60 bits per heavy atom. The van der Waals surface area contributed by atoms with Crippen LogP contribution in [0.2, 0.25) is 0 Å². The lowest BCUT2D eigenvalue weighted by atomic mass is 10.1. The van der Waals surface area contributed by atoms with Crippen molar-refractivity contribution in [3.8, 4) is 11.3 Å². The fraction of sp³-hybridized carbons (Fsp3) is 0.304. The van der Waals surface area contributed by atoms with E-state index >= 15 is 0 Å². The molecule has 0 bridgehead atoms. The Labute approximate surface area is 178 Å². The maximum atomic E-state index is 12.7. The highest BCUT2D eigenvalue weighted by Gasteiger charge is 2.19. The van der Waals surface area contributed by atoms with Crippen molar-refractivity contribution >= 4 is 21.6 Å². The van der Waals surface area contributed by atoms with Gasteiger partial charge in [0.2, 0.25) is 0 Å². The smallest absolute Gasteiger partial charge is 0.260 e. The zero-order chi connectivity index (χ0) is 20.3. The summed E-state index contributed by atoms with van der Waals surface area (Å²) < 4.78 is 5.46. The van der Waals surface area contributed by atoms with Gasteiger partial charge < -0.3 is 14.3 Å². The number of rotatable bonds is 6. The number of thiophene rings is 1. The molecular formula is C23H24N4O2S. The second-order valence-corrected chi connectivity index (χ2v) is 8.53. The van der Waals surface area contributed by atoms with Crippen molar-refractivity contribution in [1.82, 2.24) is 19.8 Å². The van der Waals surface area contributed by atoms with Gasteiger partial charge in [-0.25, -0.2) is 4.98 Å². The van der Waals surface area contributed by atoms with E-state index < -0.39 is 0 Å². The Kier molecular flexibility index (Phi) is 5.48. The Morgan fingerprint density at radius 2 is 1.83 bits per heavy atom. The first-order chi connectivity index (χ1) is 14.8. The largest absolute Gasteiger partial charge is 0.464 e. The lowest BCUT2D eigenvalue weighted by Gasteiger charge is -2.34. The highest BCUT2D eigenvalue weighted by molar-refractivity contribution is 7.17. The molecule has 3 aromatic heterocycles. The summed E-state index contributed by atoms with van der Waals surface area (Å²) in [5.74, 6) is 1.44. The van der Waals surface area contributed by atoms with Crippen LogP contribution in [0.25, 0.3) is 21.5 Å². The fourth-order valence-corrected chi connectivity index (χ4v) is 4.94. The average Bonchev–Trinajstić information content (AvgIpc) is 3.44. The number of benzene rings is 1. The van der Waals surface area contributed by atoms with Crippen LogP contribution >= 0.6 is 11.3 Å². The molecule has 1 aliphatic heterocycles. The van der Waals surface area contributed by atoms with Crippen LogP contribution in [0.3, 0.4) is 0 Å². The summed E-state index contributed by atoms with van der Waals surface area (Å²) in [6.45, 7) is 5.81. The number of fused-ring (bicyclic) bond motifs is 1. The summed E-state index contributed by atoms with van der Waals surface area (Å²) in [7, 11) is 0. The maximum absolute atomic E-state index is 12.7. The monoisotopic (exact) mass is 420 g/mol. The SMILES string of the molecule is O=c1[nH]c(CN2CCN(CCc3ccccc3)CC2)nc2scc(-c3ccco3)c12. The molecule has 0 radical (unpaired) electrons. The zero-order valence-electron chi connectivity index (χ0n) is 16.7. The van der Waals surface area contributed by atoms with Crippen molar-refractivity contribution < 1.29 is 4.42 Å². The van der Waals surface area contributed by atoms with E-state index in [-0.39, 0.29) is 5.56 Å². The highest BCUT2D eigenvalue weighted by atomic mass is 32.1. The van der Waals surface area contributed by atoms with Gasteiger partial charge >= 0.3 is 0 Å². The summed E-state index contributed by atoms with van der Waals surface area (Å²) in [5.41, 5.74) is 2.11. The molecule has 5 rings (SSSR count). The van der Waals surface area contributed by atoms with Crippen molar-refractivity contribution in [2.45, 2.75) is 13.0 Å². The predicted molar refractivity (Wildman–Crippen MR) is 120 cm³/mol. The van der Waals surface area contributed by atoms with Crippen molar-refractivity contribution in [3.63, 3.8) is 0 Å². The molecule has 154 valence electrons. The minimum absolute atomic E-state index is 0.0934. The quantitative estimate of drug-likeness (QED) is 0.516. The van der Waals surface area contributed by atoms with Gasteiger partial charge in [-0.2, -0.15) is 0 Å². The van der Waals surface area contributed by atoms with Crippen LogP contribution in [-0.2, 0) is 13.0 Å². The number of hydrogen-bond acceptors (Lipinski definition) is 6. The molecule has 0 amide bonds. The van der Waals surface area contributed by atoms with E-state index in [0.29, 0.717) is 17.7 Å². The van der Waals surface area contributed by atoms with Gasteiger partial charge in [0.25, 0.3) is 5.56 Å². The molecule has 30 heavy (non-hydrogen) atoms. The predicted octanol–water partition coefficient (Wildman–Crippen LogP) is 3.60. The third kappa shape index (κ3) is 4.09. The Morgan fingerprint density at radius 1 is 1.03 bits per heavy atom. The van der Waals surface area contributed by atoms with Gasteiger partial charge in [-0.1, -0.05) is 30.3 Å². The third-order valence-corrected chi connectivity index (χ3v) is 6.55. The maximum Gasteiger partial charge on any atom is 0.260 e. The second-order valence-electron chi connectivity index (χ2n) is 7.67. The zero-order valence-corrected chi connectivity index (χ0v) is 17.5. The normalized spacial score (nSPS) is 15.7. The summed E-state index contributed by atoms with van der Waals surface area (Å²) in [6.07, 6.45) is 2.71. The molecule has 0 spiro atoms. The van der Waals surface area contributed by atoms with Crippen molar-refractivity contribution in [2.75, 3.05) is 32.7 Å². The number of aromatic amines is 1. The molecular weight excluding hydrogens is 396 g/mol. The average molecular weight is 421 g/mol. The molecule has 6 nitrogen and oxygen atoms in total. The minimum Gasteiger partial charge on any atom is -0.464 e. The Balaban J connectivity index is 1.21. The Hall–Kier alpha value is -2.74. The molecule has 1 aliphatic rings. The molecule has 0 saturated carbocycles. The van der Waals surface area contributed by atoms with E-state index in [1.165, 1.54) is 16.9 Å². The van der Waals surface area contributed by atoms with Crippen molar-refractivity contribution in [3.05, 3.63) is 75.8 Å². The number of hydrogen-bond donors (Lipinski definition) is 1. The van der Waals surface area contributed by atoms with Crippen molar-refractivity contribution in [2.24, 2.45) is 0 Å². The molecule has 7 heteroatoms. The number of H-pyrrole nitrogens is 1. The molecule has 0 aliphatic carbocycles. The van der Waals surface area contributed by atoms with E-state index in [4.69, 9.17) is 9.40 Å². The minimum atomic E-state index is -0.0934. The van der Waals surface area contributed by atoms with Crippen LogP contribution in [0.5, 0.6) is 0 Å². The first-order valence-corrected chi connectivity index (χ1v) is 11.2. The van der Waals surface area contributed by atoms with Crippen molar-refractivity contribution in [1.29, 1.82) is 0 Å². The summed E-state index contributed by atoms with van der Waals surface area (Å²) in [6, 6.07) is 14.3. The number of piperazine rings is 1. The standard InChI is InChI=1S/C23H24N4O2S/c28-22-21-18(19-7-4-14-29-19)16-30-23(21)25-20(24-22)15-27-12-10-26(11-13-27)9-8-17-5-2-1-3-6-17/h1-7,14,16H,8-13,15H2,(H,24,25,28). The van der Waals surface area contributed by atoms with E-state index in [9.17, 15) is 4.79 Å². The van der Waals surface area contributed by atoms with Gasteiger partial charge in [0.15, 0.2) is 0 Å². The lowest BCUT2D eigenvalue weighted by molar-refractivity contribution is 0.126. The van der Waals surface area contributed by atoms with Gasteiger partial charge in [0, 0.05) is 43.7 Å². The van der Waals surface area contributed by atoms with E-state index in [1.54, 1.807) is 6.26 Å². The lowest BCUT2D eigenvalue weighted by Crippen LogP contribution is -2.46. The molecule has 1 saturated heterocycles.